The van der Waals surface area contributed by atoms with Crippen LogP contribution in [0.1, 0.15) is 0 Å². The van der Waals surface area contributed by atoms with Gasteiger partial charge in [-0.2, -0.15) is 0 Å². The van der Waals surface area contributed by atoms with Gasteiger partial charge in [-0.1, -0.05) is 23.7 Å². The zero-order valence-electron chi connectivity index (χ0n) is 9.34. The Morgan fingerprint density at radius 1 is 0.944 bits per heavy atom. The molecule has 0 unspecified atom stereocenters. The number of aromatic hydroxyl groups is 1. The molecule has 4 heteroatoms. The van der Waals surface area contributed by atoms with Crippen LogP contribution in [-0.2, 0) is 0 Å². The van der Waals surface area contributed by atoms with Gasteiger partial charge < -0.3 is 5.11 Å². The maximum Gasteiger partial charge on any atom is 0.125 e. The summed E-state index contributed by atoms with van der Waals surface area (Å²) in [5.74, 6) is 0.188. The van der Waals surface area contributed by atoms with Gasteiger partial charge in [0.05, 0.1) is 11.2 Å². The zero-order chi connectivity index (χ0) is 12.5. The maximum atomic E-state index is 9.80. The van der Waals surface area contributed by atoms with Crippen LogP contribution in [-0.4, -0.2) is 15.3 Å². The van der Waals surface area contributed by atoms with Gasteiger partial charge in [-0.05, 0) is 36.4 Å². The van der Waals surface area contributed by atoms with Crippen LogP contribution >= 0.6 is 11.6 Å². The molecular formula is C14H9ClN2O. The molecule has 0 amide bonds. The molecule has 0 saturated heterocycles. The number of halogens is 1. The Morgan fingerprint density at radius 2 is 1.78 bits per heavy atom. The summed E-state index contributed by atoms with van der Waals surface area (Å²) >= 11 is 5.95. The van der Waals surface area contributed by atoms with Crippen molar-refractivity contribution in [1.29, 1.82) is 0 Å². The van der Waals surface area contributed by atoms with Crippen molar-refractivity contribution >= 4 is 22.5 Å². The van der Waals surface area contributed by atoms with Crippen LogP contribution in [0.2, 0.25) is 5.02 Å². The topological polar surface area (TPSA) is 46.0 Å². The van der Waals surface area contributed by atoms with Crippen LogP contribution in [0.5, 0.6) is 5.75 Å². The quantitative estimate of drug-likeness (QED) is 0.723. The Balaban J connectivity index is 2.22. The van der Waals surface area contributed by atoms with Gasteiger partial charge in [0.15, 0.2) is 0 Å². The van der Waals surface area contributed by atoms with Crippen molar-refractivity contribution in [3.8, 4) is 17.0 Å². The minimum Gasteiger partial charge on any atom is -0.507 e. The summed E-state index contributed by atoms with van der Waals surface area (Å²) in [6, 6.07) is 14.3. The summed E-state index contributed by atoms with van der Waals surface area (Å²) < 4.78 is 0. The fourth-order valence-corrected chi connectivity index (χ4v) is 2.02. The number of aromatic nitrogens is 2. The van der Waals surface area contributed by atoms with Crippen molar-refractivity contribution in [2.24, 2.45) is 0 Å². The maximum absolute atomic E-state index is 9.80. The van der Waals surface area contributed by atoms with E-state index in [-0.39, 0.29) is 5.75 Å². The highest BCUT2D eigenvalue weighted by molar-refractivity contribution is 6.31. The SMILES string of the molecule is Oc1ccccc1-c1cc2cc(Cl)ccc2nn1. The summed E-state index contributed by atoms with van der Waals surface area (Å²) in [7, 11) is 0. The van der Waals surface area contributed by atoms with Crippen molar-refractivity contribution in [1.82, 2.24) is 10.2 Å². The summed E-state index contributed by atoms with van der Waals surface area (Å²) in [5, 5.41) is 19.6. The van der Waals surface area contributed by atoms with Gasteiger partial charge in [0.25, 0.3) is 0 Å². The van der Waals surface area contributed by atoms with Gasteiger partial charge in [0, 0.05) is 16.0 Å². The third-order valence-corrected chi connectivity index (χ3v) is 2.96. The van der Waals surface area contributed by atoms with E-state index in [1.807, 2.05) is 24.3 Å². The second kappa shape index (κ2) is 4.27. The summed E-state index contributed by atoms with van der Waals surface area (Å²) in [5.41, 5.74) is 2.06. The predicted octanol–water partition coefficient (Wildman–Crippen LogP) is 3.66. The van der Waals surface area contributed by atoms with E-state index in [1.54, 1.807) is 24.3 Å². The lowest BCUT2D eigenvalue weighted by Gasteiger charge is -2.04. The van der Waals surface area contributed by atoms with Crippen LogP contribution in [0.3, 0.4) is 0 Å². The Kier molecular flexibility index (Phi) is 2.61. The second-order valence-electron chi connectivity index (χ2n) is 3.95. The molecule has 0 aliphatic rings. The van der Waals surface area contributed by atoms with E-state index in [9.17, 15) is 5.11 Å². The number of benzene rings is 2. The molecule has 0 aliphatic heterocycles. The third kappa shape index (κ3) is 1.89. The molecular weight excluding hydrogens is 248 g/mol. The van der Waals surface area contributed by atoms with Gasteiger partial charge in [-0.3, -0.25) is 0 Å². The third-order valence-electron chi connectivity index (χ3n) is 2.73. The highest BCUT2D eigenvalue weighted by Crippen LogP contribution is 2.28. The Morgan fingerprint density at radius 3 is 2.61 bits per heavy atom. The molecule has 18 heavy (non-hydrogen) atoms. The first-order valence-electron chi connectivity index (χ1n) is 5.45. The molecule has 3 rings (SSSR count). The smallest absolute Gasteiger partial charge is 0.125 e. The van der Waals surface area contributed by atoms with Gasteiger partial charge in [-0.25, -0.2) is 0 Å². The first kappa shape index (κ1) is 11.0. The molecule has 0 radical (unpaired) electrons. The number of fused-ring (bicyclic) bond motifs is 1. The van der Waals surface area contributed by atoms with Crippen molar-refractivity contribution in [2.75, 3.05) is 0 Å². The second-order valence-corrected chi connectivity index (χ2v) is 4.39. The standard InChI is InChI=1S/C14H9ClN2O/c15-10-5-6-12-9(7-10)8-13(17-16-12)11-3-1-2-4-14(11)18/h1-8,18H. The Labute approximate surface area is 109 Å². The molecule has 2 aromatic carbocycles. The molecule has 0 aliphatic carbocycles. The van der Waals surface area contributed by atoms with E-state index in [2.05, 4.69) is 10.2 Å². The first-order valence-corrected chi connectivity index (χ1v) is 5.83. The minimum atomic E-state index is 0.188. The van der Waals surface area contributed by atoms with Crippen LogP contribution in [0.4, 0.5) is 0 Å². The molecule has 1 heterocycles. The van der Waals surface area contributed by atoms with Crippen LogP contribution in [0.15, 0.2) is 48.5 Å². The fourth-order valence-electron chi connectivity index (χ4n) is 1.84. The lowest BCUT2D eigenvalue weighted by molar-refractivity contribution is 0.477. The van der Waals surface area contributed by atoms with Gasteiger partial charge in [0.2, 0.25) is 0 Å². The number of hydrogen-bond donors (Lipinski definition) is 1. The first-order chi connectivity index (χ1) is 8.74. The largest absolute Gasteiger partial charge is 0.507 e. The van der Waals surface area contributed by atoms with Crippen LogP contribution in [0.25, 0.3) is 22.2 Å². The molecule has 0 spiro atoms. The Bertz CT molecular complexity index is 728. The highest BCUT2D eigenvalue weighted by Gasteiger charge is 2.06. The molecule has 1 N–H and O–H groups in total. The van der Waals surface area contributed by atoms with Gasteiger partial charge >= 0.3 is 0 Å². The van der Waals surface area contributed by atoms with E-state index in [0.29, 0.717) is 16.3 Å². The average Bonchev–Trinajstić information content (AvgIpc) is 2.38. The molecule has 1 aromatic heterocycles. The van der Waals surface area contributed by atoms with Crippen molar-refractivity contribution < 1.29 is 5.11 Å². The highest BCUT2D eigenvalue weighted by atomic mass is 35.5. The predicted molar refractivity (Wildman–Crippen MR) is 71.6 cm³/mol. The summed E-state index contributed by atoms with van der Waals surface area (Å²) in [6.07, 6.45) is 0. The molecule has 0 fully saturated rings. The number of hydrogen-bond acceptors (Lipinski definition) is 3. The molecule has 88 valence electrons. The molecule has 0 bridgehead atoms. The molecule has 3 aromatic rings. The molecule has 0 saturated carbocycles. The number of phenols is 1. The fraction of sp³-hybridized carbons (Fsp3) is 0. The number of rotatable bonds is 1. The zero-order valence-corrected chi connectivity index (χ0v) is 10.1. The summed E-state index contributed by atoms with van der Waals surface area (Å²) in [4.78, 5) is 0. The lowest BCUT2D eigenvalue weighted by atomic mass is 10.1. The van der Waals surface area contributed by atoms with Crippen molar-refractivity contribution in [2.45, 2.75) is 0 Å². The average molecular weight is 257 g/mol. The van der Waals surface area contributed by atoms with E-state index in [1.165, 1.54) is 0 Å². The number of phenolic OH excluding ortho intramolecular Hbond substituents is 1. The van der Waals surface area contributed by atoms with Crippen LogP contribution in [0, 0.1) is 0 Å². The van der Waals surface area contributed by atoms with E-state index in [4.69, 9.17) is 11.6 Å². The van der Waals surface area contributed by atoms with Crippen molar-refractivity contribution in [3.63, 3.8) is 0 Å². The van der Waals surface area contributed by atoms with Gasteiger partial charge in [-0.15, -0.1) is 10.2 Å². The van der Waals surface area contributed by atoms with E-state index < -0.39 is 0 Å². The van der Waals surface area contributed by atoms with Gasteiger partial charge in [0.1, 0.15) is 5.75 Å². The molecule has 0 atom stereocenters. The van der Waals surface area contributed by atoms with Crippen LogP contribution < -0.4 is 0 Å². The molecule has 3 nitrogen and oxygen atoms in total. The minimum absolute atomic E-state index is 0.188. The Hall–Kier alpha value is -2.13. The van der Waals surface area contributed by atoms with E-state index >= 15 is 0 Å². The lowest BCUT2D eigenvalue weighted by Crippen LogP contribution is -1.89. The number of nitrogens with zero attached hydrogens (tertiary/aromatic N) is 2. The van der Waals surface area contributed by atoms with Crippen molar-refractivity contribution in [3.05, 3.63) is 53.6 Å². The summed E-state index contributed by atoms with van der Waals surface area (Å²) in [6.45, 7) is 0. The monoisotopic (exact) mass is 256 g/mol. The van der Waals surface area contributed by atoms with E-state index in [0.717, 1.165) is 10.9 Å². The normalized spacial score (nSPS) is 10.7. The number of para-hydroxylation sites is 1.